The molecule has 2 N–H and O–H groups in total. The Kier molecular flexibility index (Phi) is 5.89. The highest BCUT2D eigenvalue weighted by atomic mass is 16.2. The number of aromatic nitrogens is 2. The molecular weight excluding hydrogens is 352 g/mol. The second-order valence-electron chi connectivity index (χ2n) is 6.81. The van der Waals surface area contributed by atoms with E-state index in [2.05, 4.69) is 22.7 Å². The SMILES string of the molecule is CCc1ccc(NC(=O)c2cc(NC(=O)C(C)C)n(-c3ccccc3)n2)cc1. The van der Waals surface area contributed by atoms with Crippen LogP contribution in [0, 0.1) is 5.92 Å². The van der Waals surface area contributed by atoms with Crippen molar-refractivity contribution in [2.45, 2.75) is 27.2 Å². The van der Waals surface area contributed by atoms with Gasteiger partial charge in [-0.05, 0) is 36.2 Å². The normalized spacial score (nSPS) is 10.7. The highest BCUT2D eigenvalue weighted by molar-refractivity contribution is 6.04. The first-order valence-electron chi connectivity index (χ1n) is 9.34. The van der Waals surface area contributed by atoms with Gasteiger partial charge in [-0.1, -0.05) is 51.1 Å². The molecule has 3 rings (SSSR count). The molecule has 0 spiro atoms. The Balaban J connectivity index is 1.88. The molecule has 0 unspecified atom stereocenters. The number of benzene rings is 2. The molecule has 0 atom stereocenters. The van der Waals surface area contributed by atoms with Crippen molar-refractivity contribution < 1.29 is 9.59 Å². The largest absolute Gasteiger partial charge is 0.321 e. The van der Waals surface area contributed by atoms with Gasteiger partial charge in [-0.3, -0.25) is 9.59 Å². The summed E-state index contributed by atoms with van der Waals surface area (Å²) in [4.78, 5) is 24.9. The molecule has 2 amide bonds. The van der Waals surface area contributed by atoms with Crippen molar-refractivity contribution in [3.05, 3.63) is 71.9 Å². The van der Waals surface area contributed by atoms with E-state index in [1.165, 1.54) is 5.56 Å². The zero-order chi connectivity index (χ0) is 20.1. The third-order valence-corrected chi connectivity index (χ3v) is 4.34. The van der Waals surface area contributed by atoms with Crippen molar-refractivity contribution in [1.29, 1.82) is 0 Å². The van der Waals surface area contributed by atoms with Crippen LogP contribution < -0.4 is 10.6 Å². The van der Waals surface area contributed by atoms with E-state index in [1.807, 2.05) is 68.4 Å². The Morgan fingerprint density at radius 3 is 2.29 bits per heavy atom. The highest BCUT2D eigenvalue weighted by Crippen LogP contribution is 2.19. The topological polar surface area (TPSA) is 76.0 Å². The number of para-hydroxylation sites is 1. The number of aryl methyl sites for hydroxylation is 1. The molecule has 2 aromatic carbocycles. The predicted octanol–water partition coefficient (Wildman–Crippen LogP) is 4.28. The van der Waals surface area contributed by atoms with Crippen molar-refractivity contribution in [1.82, 2.24) is 9.78 Å². The Bertz CT molecular complexity index is 960. The van der Waals surface area contributed by atoms with E-state index in [9.17, 15) is 9.59 Å². The predicted molar refractivity (Wildman–Crippen MR) is 111 cm³/mol. The van der Waals surface area contributed by atoms with Crippen molar-refractivity contribution in [3.8, 4) is 5.69 Å². The summed E-state index contributed by atoms with van der Waals surface area (Å²) in [5.74, 6) is -0.206. The summed E-state index contributed by atoms with van der Waals surface area (Å²) in [6.07, 6.45) is 0.939. The molecule has 0 saturated carbocycles. The minimum atomic E-state index is -0.334. The van der Waals surface area contributed by atoms with Crippen LogP contribution in [0.15, 0.2) is 60.7 Å². The van der Waals surface area contributed by atoms with Crippen molar-refractivity contribution in [3.63, 3.8) is 0 Å². The molecule has 0 saturated heterocycles. The summed E-state index contributed by atoms with van der Waals surface area (Å²) in [5.41, 5.74) is 2.88. The van der Waals surface area contributed by atoms with Crippen LogP contribution in [0.2, 0.25) is 0 Å². The van der Waals surface area contributed by atoms with Crippen LogP contribution in [-0.2, 0) is 11.2 Å². The lowest BCUT2D eigenvalue weighted by Crippen LogP contribution is -2.19. The molecule has 6 heteroatoms. The zero-order valence-electron chi connectivity index (χ0n) is 16.3. The van der Waals surface area contributed by atoms with Gasteiger partial charge in [-0.2, -0.15) is 5.10 Å². The minimum Gasteiger partial charge on any atom is -0.321 e. The van der Waals surface area contributed by atoms with Crippen LogP contribution in [0.25, 0.3) is 5.69 Å². The molecule has 0 aliphatic heterocycles. The molecule has 0 bridgehead atoms. The second kappa shape index (κ2) is 8.52. The van der Waals surface area contributed by atoms with Gasteiger partial charge < -0.3 is 10.6 Å². The number of anilines is 2. The summed E-state index contributed by atoms with van der Waals surface area (Å²) >= 11 is 0. The molecular formula is C22H24N4O2. The molecule has 3 aromatic rings. The van der Waals surface area contributed by atoms with Gasteiger partial charge in [0.1, 0.15) is 5.82 Å². The molecule has 6 nitrogen and oxygen atoms in total. The second-order valence-corrected chi connectivity index (χ2v) is 6.81. The van der Waals surface area contributed by atoms with Crippen LogP contribution in [0.5, 0.6) is 0 Å². The lowest BCUT2D eigenvalue weighted by Gasteiger charge is -2.10. The number of amides is 2. The fourth-order valence-electron chi connectivity index (χ4n) is 2.64. The number of nitrogens with zero attached hydrogens (tertiary/aromatic N) is 2. The van der Waals surface area contributed by atoms with Gasteiger partial charge in [0, 0.05) is 17.7 Å². The quantitative estimate of drug-likeness (QED) is 0.674. The van der Waals surface area contributed by atoms with E-state index in [0.717, 1.165) is 12.1 Å². The smallest absolute Gasteiger partial charge is 0.276 e. The molecule has 1 aromatic heterocycles. The summed E-state index contributed by atoms with van der Waals surface area (Å²) < 4.78 is 1.56. The number of hydrogen-bond donors (Lipinski definition) is 2. The lowest BCUT2D eigenvalue weighted by atomic mass is 10.1. The number of carbonyl (C=O) groups excluding carboxylic acids is 2. The van der Waals surface area contributed by atoms with E-state index in [-0.39, 0.29) is 23.4 Å². The average Bonchev–Trinajstić information content (AvgIpc) is 3.13. The first-order valence-corrected chi connectivity index (χ1v) is 9.34. The van der Waals surface area contributed by atoms with Crippen LogP contribution in [0.4, 0.5) is 11.5 Å². The summed E-state index contributed by atoms with van der Waals surface area (Å²) in [7, 11) is 0. The highest BCUT2D eigenvalue weighted by Gasteiger charge is 2.18. The maximum Gasteiger partial charge on any atom is 0.276 e. The third-order valence-electron chi connectivity index (χ3n) is 4.34. The Morgan fingerprint density at radius 1 is 1.00 bits per heavy atom. The zero-order valence-corrected chi connectivity index (χ0v) is 16.3. The average molecular weight is 376 g/mol. The lowest BCUT2D eigenvalue weighted by molar-refractivity contribution is -0.118. The maximum absolute atomic E-state index is 12.7. The molecule has 0 aliphatic carbocycles. The number of nitrogens with one attached hydrogen (secondary N) is 2. The molecule has 0 aliphatic rings. The van der Waals surface area contributed by atoms with Crippen molar-refractivity contribution in [2.75, 3.05) is 10.6 Å². The van der Waals surface area contributed by atoms with E-state index < -0.39 is 0 Å². The van der Waals surface area contributed by atoms with Crippen molar-refractivity contribution >= 4 is 23.3 Å². The number of hydrogen-bond acceptors (Lipinski definition) is 3. The molecule has 28 heavy (non-hydrogen) atoms. The van der Waals surface area contributed by atoms with Crippen molar-refractivity contribution in [2.24, 2.45) is 5.92 Å². The third kappa shape index (κ3) is 4.46. The summed E-state index contributed by atoms with van der Waals surface area (Å²) in [6, 6.07) is 18.7. The van der Waals surface area contributed by atoms with E-state index in [1.54, 1.807) is 10.7 Å². The van der Waals surface area contributed by atoms with Gasteiger partial charge in [0.2, 0.25) is 5.91 Å². The van der Waals surface area contributed by atoms with Crippen LogP contribution >= 0.6 is 0 Å². The van der Waals surface area contributed by atoms with Gasteiger partial charge in [0.25, 0.3) is 5.91 Å². The molecule has 0 radical (unpaired) electrons. The first-order chi connectivity index (χ1) is 13.5. The van der Waals surface area contributed by atoms with E-state index in [0.29, 0.717) is 11.5 Å². The Hall–Kier alpha value is -3.41. The van der Waals surface area contributed by atoms with Crippen LogP contribution in [0.1, 0.15) is 36.8 Å². The monoisotopic (exact) mass is 376 g/mol. The molecule has 1 heterocycles. The van der Waals surface area contributed by atoms with Gasteiger partial charge in [-0.25, -0.2) is 4.68 Å². The minimum absolute atomic E-state index is 0.140. The summed E-state index contributed by atoms with van der Waals surface area (Å²) in [6.45, 7) is 5.70. The van der Waals surface area contributed by atoms with Gasteiger partial charge >= 0.3 is 0 Å². The Labute approximate surface area is 164 Å². The van der Waals surface area contributed by atoms with Crippen LogP contribution in [-0.4, -0.2) is 21.6 Å². The maximum atomic E-state index is 12.7. The number of carbonyl (C=O) groups is 2. The van der Waals surface area contributed by atoms with Gasteiger partial charge in [0.15, 0.2) is 5.69 Å². The first kappa shape index (κ1) is 19.4. The fourth-order valence-corrected chi connectivity index (χ4v) is 2.64. The van der Waals surface area contributed by atoms with Gasteiger partial charge in [0.05, 0.1) is 5.69 Å². The molecule has 0 fully saturated rings. The van der Waals surface area contributed by atoms with Crippen LogP contribution in [0.3, 0.4) is 0 Å². The van der Waals surface area contributed by atoms with Gasteiger partial charge in [-0.15, -0.1) is 0 Å². The van der Waals surface area contributed by atoms with E-state index in [4.69, 9.17) is 0 Å². The standard InChI is InChI=1S/C22H24N4O2/c1-4-16-10-12-17(13-11-16)23-22(28)19-14-20(24-21(27)15(2)3)26(25-19)18-8-6-5-7-9-18/h5-15H,4H2,1-3H3,(H,23,28)(H,24,27). The number of rotatable bonds is 6. The Morgan fingerprint density at radius 2 is 1.68 bits per heavy atom. The summed E-state index contributed by atoms with van der Waals surface area (Å²) in [5, 5.41) is 10.1. The molecule has 144 valence electrons. The van der Waals surface area contributed by atoms with E-state index >= 15 is 0 Å². The fraction of sp³-hybridized carbons (Fsp3) is 0.227.